The summed E-state index contributed by atoms with van der Waals surface area (Å²) >= 11 is 12.1. The quantitative estimate of drug-likeness (QED) is 0.434. The van der Waals surface area contributed by atoms with Crippen molar-refractivity contribution in [2.24, 2.45) is 5.92 Å². The van der Waals surface area contributed by atoms with Crippen molar-refractivity contribution in [3.05, 3.63) is 63.3 Å². The van der Waals surface area contributed by atoms with Gasteiger partial charge in [0.25, 0.3) is 0 Å². The van der Waals surface area contributed by atoms with E-state index in [0.717, 1.165) is 12.8 Å². The number of hydrogen-bond acceptors (Lipinski definition) is 4. The molecule has 6 heteroatoms. The molecule has 0 bridgehead atoms. The van der Waals surface area contributed by atoms with Gasteiger partial charge in [-0.3, -0.25) is 9.59 Å². The normalized spacial score (nSPS) is 17.4. The summed E-state index contributed by atoms with van der Waals surface area (Å²) in [5.74, 6) is 0.360. The summed E-state index contributed by atoms with van der Waals surface area (Å²) in [5, 5.41) is 0.747. The topological polar surface area (TPSA) is 52.6 Å². The van der Waals surface area contributed by atoms with Gasteiger partial charge in [0.05, 0.1) is 21.5 Å². The Hall–Kier alpha value is -2.30. The number of ketones is 1. The minimum atomic E-state index is -0.258. The highest BCUT2D eigenvalue weighted by atomic mass is 35.5. The van der Waals surface area contributed by atoms with Crippen LogP contribution in [0.15, 0.2) is 42.2 Å². The maximum absolute atomic E-state index is 12.5. The predicted octanol–water partition coefficient (Wildman–Crippen LogP) is 4.93. The highest BCUT2D eigenvalue weighted by molar-refractivity contribution is 6.43. The molecule has 0 aromatic heterocycles. The monoisotopic (exact) mass is 374 g/mol. The number of benzene rings is 2. The first-order chi connectivity index (χ1) is 12.0. The highest BCUT2D eigenvalue weighted by Crippen LogP contribution is 2.37. The Bertz CT molecular complexity index is 929. The second kappa shape index (κ2) is 6.21. The average molecular weight is 375 g/mol. The number of carbonyl (C=O) groups excluding carboxylic acids is 2. The van der Waals surface area contributed by atoms with E-state index >= 15 is 0 Å². The fourth-order valence-electron chi connectivity index (χ4n) is 2.52. The largest absolute Gasteiger partial charge is 0.452 e. The molecule has 0 radical (unpaired) electrons. The Labute approximate surface area is 153 Å². The number of fused-ring (bicyclic) bond motifs is 1. The predicted molar refractivity (Wildman–Crippen MR) is 94.2 cm³/mol. The number of Topliss-reactive ketones (excluding diaryl/α,β-unsaturated/α-hetero) is 1. The molecule has 2 aromatic rings. The summed E-state index contributed by atoms with van der Waals surface area (Å²) < 4.78 is 10.9. The molecule has 0 spiro atoms. The molecule has 4 rings (SSSR count). The molecule has 0 atom stereocenters. The molecule has 0 N–H and O–H groups in total. The van der Waals surface area contributed by atoms with Gasteiger partial charge in [0.1, 0.15) is 11.5 Å². The van der Waals surface area contributed by atoms with Crippen LogP contribution in [-0.4, -0.2) is 11.8 Å². The van der Waals surface area contributed by atoms with E-state index in [0.29, 0.717) is 32.7 Å². The molecule has 126 valence electrons. The first-order valence-corrected chi connectivity index (χ1v) is 8.52. The van der Waals surface area contributed by atoms with Crippen LogP contribution in [0.25, 0.3) is 6.08 Å². The van der Waals surface area contributed by atoms with Crippen molar-refractivity contribution in [2.45, 2.75) is 12.8 Å². The summed E-state index contributed by atoms with van der Waals surface area (Å²) in [4.78, 5) is 24.2. The highest BCUT2D eigenvalue weighted by Gasteiger charge is 2.33. The van der Waals surface area contributed by atoms with Crippen LogP contribution >= 0.6 is 23.2 Å². The third-order valence-electron chi connectivity index (χ3n) is 4.04. The minimum Gasteiger partial charge on any atom is -0.452 e. The van der Waals surface area contributed by atoms with Crippen molar-refractivity contribution in [2.75, 3.05) is 0 Å². The molecule has 1 heterocycles. The zero-order valence-electron chi connectivity index (χ0n) is 12.9. The molecular formula is C19H12Cl2O4. The molecule has 4 nitrogen and oxygen atoms in total. The Morgan fingerprint density at radius 1 is 1.20 bits per heavy atom. The molecule has 0 unspecified atom stereocenters. The molecule has 2 aliphatic rings. The van der Waals surface area contributed by atoms with E-state index in [4.69, 9.17) is 32.7 Å². The molecule has 1 aliphatic carbocycles. The number of carbonyl (C=O) groups is 2. The average Bonchev–Trinajstić information content (AvgIpc) is 3.39. The fourth-order valence-corrected chi connectivity index (χ4v) is 2.88. The first kappa shape index (κ1) is 16.2. The lowest BCUT2D eigenvalue weighted by atomic mass is 10.1. The SMILES string of the molecule is O=C1C(=Cc2cccc(Cl)c2Cl)Oc2cc(OC(=O)C3CC3)ccc21. The van der Waals surface area contributed by atoms with Gasteiger partial charge in [-0.25, -0.2) is 0 Å². The third kappa shape index (κ3) is 3.15. The Kier molecular flexibility index (Phi) is 4.02. The van der Waals surface area contributed by atoms with Crippen molar-refractivity contribution < 1.29 is 19.1 Å². The van der Waals surface area contributed by atoms with E-state index < -0.39 is 0 Å². The van der Waals surface area contributed by atoms with E-state index in [9.17, 15) is 9.59 Å². The molecule has 0 amide bonds. The van der Waals surface area contributed by atoms with Gasteiger partial charge in [0.15, 0.2) is 5.76 Å². The van der Waals surface area contributed by atoms with Crippen molar-refractivity contribution in [3.63, 3.8) is 0 Å². The van der Waals surface area contributed by atoms with Crippen molar-refractivity contribution in [3.8, 4) is 11.5 Å². The van der Waals surface area contributed by atoms with Gasteiger partial charge < -0.3 is 9.47 Å². The lowest BCUT2D eigenvalue weighted by Gasteiger charge is -2.04. The zero-order chi connectivity index (χ0) is 17.6. The summed E-state index contributed by atoms with van der Waals surface area (Å²) in [7, 11) is 0. The third-order valence-corrected chi connectivity index (χ3v) is 4.87. The molecule has 2 aromatic carbocycles. The smallest absolute Gasteiger partial charge is 0.314 e. The van der Waals surface area contributed by atoms with Crippen molar-refractivity contribution in [1.82, 2.24) is 0 Å². The lowest BCUT2D eigenvalue weighted by Crippen LogP contribution is -2.09. The van der Waals surface area contributed by atoms with Crippen LogP contribution in [0, 0.1) is 5.92 Å². The summed E-state index contributed by atoms with van der Waals surface area (Å²) in [6, 6.07) is 9.88. The number of rotatable bonds is 3. The summed E-state index contributed by atoms with van der Waals surface area (Å²) in [6.45, 7) is 0. The van der Waals surface area contributed by atoms with Crippen LogP contribution in [0.1, 0.15) is 28.8 Å². The molecule has 1 aliphatic heterocycles. The van der Waals surface area contributed by atoms with Gasteiger partial charge in [0, 0.05) is 6.07 Å². The number of allylic oxidation sites excluding steroid dienone is 1. The van der Waals surface area contributed by atoms with Crippen LogP contribution in [-0.2, 0) is 4.79 Å². The van der Waals surface area contributed by atoms with Crippen LogP contribution in [0.3, 0.4) is 0 Å². The Morgan fingerprint density at radius 3 is 2.76 bits per heavy atom. The Morgan fingerprint density at radius 2 is 2.00 bits per heavy atom. The van der Waals surface area contributed by atoms with Gasteiger partial charge in [-0.2, -0.15) is 0 Å². The number of hydrogen-bond donors (Lipinski definition) is 0. The van der Waals surface area contributed by atoms with Crippen molar-refractivity contribution in [1.29, 1.82) is 0 Å². The number of halogens is 2. The van der Waals surface area contributed by atoms with Crippen LogP contribution in [0.4, 0.5) is 0 Å². The maximum Gasteiger partial charge on any atom is 0.314 e. The number of ether oxygens (including phenoxy) is 2. The van der Waals surface area contributed by atoms with Gasteiger partial charge in [-0.1, -0.05) is 35.3 Å². The van der Waals surface area contributed by atoms with Gasteiger partial charge >= 0.3 is 5.97 Å². The fraction of sp³-hybridized carbons (Fsp3) is 0.158. The van der Waals surface area contributed by atoms with Crippen LogP contribution in [0.5, 0.6) is 11.5 Å². The second-order valence-corrected chi connectivity index (χ2v) is 6.72. The van der Waals surface area contributed by atoms with Crippen LogP contribution < -0.4 is 9.47 Å². The van der Waals surface area contributed by atoms with E-state index in [1.54, 1.807) is 42.5 Å². The first-order valence-electron chi connectivity index (χ1n) is 7.77. The van der Waals surface area contributed by atoms with Crippen LogP contribution in [0.2, 0.25) is 10.0 Å². The maximum atomic E-state index is 12.5. The zero-order valence-corrected chi connectivity index (χ0v) is 14.4. The number of esters is 1. The molecular weight excluding hydrogens is 363 g/mol. The van der Waals surface area contributed by atoms with E-state index in [1.165, 1.54) is 0 Å². The van der Waals surface area contributed by atoms with E-state index in [2.05, 4.69) is 0 Å². The van der Waals surface area contributed by atoms with Gasteiger partial charge in [-0.05, 0) is 42.7 Å². The summed E-state index contributed by atoms with van der Waals surface area (Å²) in [5.41, 5.74) is 1.00. The second-order valence-electron chi connectivity index (χ2n) is 5.94. The van der Waals surface area contributed by atoms with Gasteiger partial charge in [0.2, 0.25) is 5.78 Å². The molecule has 1 saturated carbocycles. The Balaban J connectivity index is 1.61. The van der Waals surface area contributed by atoms with E-state index in [1.807, 2.05) is 0 Å². The summed E-state index contributed by atoms with van der Waals surface area (Å²) in [6.07, 6.45) is 3.28. The van der Waals surface area contributed by atoms with Crippen molar-refractivity contribution >= 4 is 41.0 Å². The lowest BCUT2D eigenvalue weighted by molar-refractivity contribution is -0.135. The standard InChI is InChI=1S/C19H12Cl2O4/c20-14-3-1-2-11(17(14)21)8-16-18(22)13-7-6-12(9-15(13)25-16)24-19(23)10-4-5-10/h1-3,6-10H,4-5H2. The van der Waals surface area contributed by atoms with E-state index in [-0.39, 0.29) is 23.4 Å². The molecule has 25 heavy (non-hydrogen) atoms. The molecule has 1 fully saturated rings. The molecule has 0 saturated heterocycles. The minimum absolute atomic E-state index is 0.00349. The van der Waals surface area contributed by atoms with Gasteiger partial charge in [-0.15, -0.1) is 0 Å².